The van der Waals surface area contributed by atoms with E-state index < -0.39 is 0 Å². The van der Waals surface area contributed by atoms with Crippen molar-refractivity contribution in [2.24, 2.45) is 11.7 Å². The van der Waals surface area contributed by atoms with E-state index in [1.54, 1.807) is 0 Å². The number of likely N-dealkylation sites (tertiary alicyclic amines) is 1. The van der Waals surface area contributed by atoms with E-state index in [0.717, 1.165) is 6.54 Å². The lowest BCUT2D eigenvalue weighted by Crippen LogP contribution is -2.40. The van der Waals surface area contributed by atoms with Crippen LogP contribution in [0, 0.1) is 5.92 Å². The van der Waals surface area contributed by atoms with Crippen molar-refractivity contribution >= 4 is 0 Å². The van der Waals surface area contributed by atoms with Gasteiger partial charge in [-0.15, -0.1) is 0 Å². The fourth-order valence-electron chi connectivity index (χ4n) is 3.09. The largest absolute Gasteiger partial charge is 0.329 e. The second kappa shape index (κ2) is 5.65. The predicted octanol–water partition coefficient (Wildman–Crippen LogP) is 2.81. The summed E-state index contributed by atoms with van der Waals surface area (Å²) < 4.78 is 0. The molecule has 2 rings (SSSR count). The van der Waals surface area contributed by atoms with E-state index in [1.807, 2.05) is 0 Å². The first-order chi connectivity index (χ1) is 8.24. The molecule has 1 heterocycles. The molecule has 0 radical (unpaired) electrons. The van der Waals surface area contributed by atoms with Gasteiger partial charge in [0.1, 0.15) is 0 Å². The molecule has 1 aliphatic rings. The van der Waals surface area contributed by atoms with E-state index in [2.05, 4.69) is 49.1 Å². The average Bonchev–Trinajstić information content (AvgIpc) is 2.78. The zero-order chi connectivity index (χ0) is 12.3. The van der Waals surface area contributed by atoms with Crippen LogP contribution < -0.4 is 5.73 Å². The zero-order valence-electron chi connectivity index (χ0n) is 11.0. The molecule has 0 aliphatic carbocycles. The Labute approximate surface area is 105 Å². The van der Waals surface area contributed by atoms with Gasteiger partial charge in [0.15, 0.2) is 0 Å². The molecule has 2 heteroatoms. The van der Waals surface area contributed by atoms with Crippen molar-refractivity contribution in [1.82, 2.24) is 4.90 Å². The van der Waals surface area contributed by atoms with E-state index in [-0.39, 0.29) is 0 Å². The van der Waals surface area contributed by atoms with Gasteiger partial charge in [0.05, 0.1) is 0 Å². The summed E-state index contributed by atoms with van der Waals surface area (Å²) in [4.78, 5) is 2.61. The summed E-state index contributed by atoms with van der Waals surface area (Å²) in [6.07, 6.45) is 2.55. The first-order valence-corrected chi connectivity index (χ1v) is 6.74. The lowest BCUT2D eigenvalue weighted by molar-refractivity contribution is 0.144. The number of nitrogens with zero attached hydrogens (tertiary/aromatic N) is 1. The maximum atomic E-state index is 5.90. The van der Waals surface area contributed by atoms with Gasteiger partial charge in [-0.25, -0.2) is 0 Å². The van der Waals surface area contributed by atoms with Crippen molar-refractivity contribution in [1.29, 1.82) is 0 Å². The number of benzene rings is 1. The van der Waals surface area contributed by atoms with E-state index in [0.29, 0.717) is 18.0 Å². The quantitative estimate of drug-likeness (QED) is 0.865. The Kier molecular flexibility index (Phi) is 4.19. The summed E-state index contributed by atoms with van der Waals surface area (Å²) in [5.41, 5.74) is 7.33. The molecule has 0 bridgehead atoms. The van der Waals surface area contributed by atoms with Crippen LogP contribution in [0.3, 0.4) is 0 Å². The maximum Gasteiger partial charge on any atom is 0.0374 e. The fraction of sp³-hybridized carbons (Fsp3) is 0.600. The van der Waals surface area contributed by atoms with Gasteiger partial charge in [0.25, 0.3) is 0 Å². The van der Waals surface area contributed by atoms with E-state index >= 15 is 0 Å². The summed E-state index contributed by atoms with van der Waals surface area (Å²) in [6.45, 7) is 6.60. The van der Waals surface area contributed by atoms with Gasteiger partial charge in [-0.1, -0.05) is 44.2 Å². The lowest BCUT2D eigenvalue weighted by atomic mass is 9.94. The minimum absolute atomic E-state index is 0.521. The highest BCUT2D eigenvalue weighted by Crippen LogP contribution is 2.34. The average molecular weight is 232 g/mol. The third-order valence-corrected chi connectivity index (χ3v) is 3.82. The first-order valence-electron chi connectivity index (χ1n) is 6.74. The molecular weight excluding hydrogens is 208 g/mol. The van der Waals surface area contributed by atoms with Gasteiger partial charge in [-0.3, -0.25) is 4.90 Å². The van der Waals surface area contributed by atoms with Gasteiger partial charge in [0, 0.05) is 18.6 Å². The molecule has 0 amide bonds. The van der Waals surface area contributed by atoms with Crippen LogP contribution >= 0.6 is 0 Å². The van der Waals surface area contributed by atoms with Crippen LogP contribution in [0.5, 0.6) is 0 Å². The van der Waals surface area contributed by atoms with E-state index in [9.17, 15) is 0 Å². The highest BCUT2D eigenvalue weighted by molar-refractivity contribution is 5.20. The molecule has 2 unspecified atom stereocenters. The number of hydrogen-bond donors (Lipinski definition) is 1. The van der Waals surface area contributed by atoms with Gasteiger partial charge in [-0.05, 0) is 30.9 Å². The summed E-state index contributed by atoms with van der Waals surface area (Å²) in [7, 11) is 0. The fourth-order valence-corrected chi connectivity index (χ4v) is 3.09. The third kappa shape index (κ3) is 2.70. The van der Waals surface area contributed by atoms with Crippen molar-refractivity contribution in [2.45, 2.75) is 38.8 Å². The van der Waals surface area contributed by atoms with Gasteiger partial charge >= 0.3 is 0 Å². The minimum atomic E-state index is 0.521. The molecular formula is C15H24N2. The van der Waals surface area contributed by atoms with Crippen molar-refractivity contribution in [3.8, 4) is 0 Å². The number of hydrogen-bond acceptors (Lipinski definition) is 2. The Bertz CT molecular complexity index is 334. The Balaban J connectivity index is 2.23. The Morgan fingerprint density at radius 3 is 2.59 bits per heavy atom. The topological polar surface area (TPSA) is 29.3 Å². The van der Waals surface area contributed by atoms with E-state index in [4.69, 9.17) is 5.73 Å². The predicted molar refractivity (Wildman–Crippen MR) is 72.8 cm³/mol. The maximum absolute atomic E-state index is 5.90. The second-order valence-corrected chi connectivity index (χ2v) is 5.37. The van der Waals surface area contributed by atoms with Crippen LogP contribution in [0.4, 0.5) is 0 Å². The van der Waals surface area contributed by atoms with Crippen LogP contribution in [-0.2, 0) is 0 Å². The Hall–Kier alpha value is -0.860. The zero-order valence-corrected chi connectivity index (χ0v) is 11.0. The van der Waals surface area contributed by atoms with Gasteiger partial charge in [-0.2, -0.15) is 0 Å². The van der Waals surface area contributed by atoms with Gasteiger partial charge < -0.3 is 5.73 Å². The number of nitrogens with two attached hydrogens (primary N) is 1. The van der Waals surface area contributed by atoms with Crippen LogP contribution in [0.1, 0.15) is 38.3 Å². The molecule has 1 aromatic carbocycles. The third-order valence-electron chi connectivity index (χ3n) is 3.82. The molecule has 0 spiro atoms. The minimum Gasteiger partial charge on any atom is -0.329 e. The monoisotopic (exact) mass is 232 g/mol. The number of rotatable bonds is 4. The summed E-state index contributed by atoms with van der Waals surface area (Å²) >= 11 is 0. The molecule has 1 aliphatic heterocycles. The molecule has 0 saturated carbocycles. The summed E-state index contributed by atoms with van der Waals surface area (Å²) in [5.74, 6) is 0.629. The molecule has 2 nitrogen and oxygen atoms in total. The summed E-state index contributed by atoms with van der Waals surface area (Å²) in [6, 6.07) is 11.9. The highest BCUT2D eigenvalue weighted by atomic mass is 15.2. The smallest absolute Gasteiger partial charge is 0.0374 e. The summed E-state index contributed by atoms with van der Waals surface area (Å²) in [5, 5.41) is 0. The van der Waals surface area contributed by atoms with Crippen LogP contribution in [0.15, 0.2) is 30.3 Å². The standard InChI is InChI=1S/C15H24N2/c1-12(2)15(13-7-4-3-5-8-13)17-10-6-9-14(17)11-16/h3-5,7-8,12,14-15H,6,9-11,16H2,1-2H3. The van der Waals surface area contributed by atoms with Crippen LogP contribution in [-0.4, -0.2) is 24.0 Å². The normalized spacial score (nSPS) is 23.2. The van der Waals surface area contributed by atoms with Crippen molar-refractivity contribution in [3.05, 3.63) is 35.9 Å². The molecule has 1 aromatic rings. The molecule has 2 N–H and O–H groups in total. The van der Waals surface area contributed by atoms with Crippen LogP contribution in [0.25, 0.3) is 0 Å². The lowest BCUT2D eigenvalue weighted by Gasteiger charge is -2.35. The molecule has 17 heavy (non-hydrogen) atoms. The first kappa shape index (κ1) is 12.6. The van der Waals surface area contributed by atoms with Crippen molar-refractivity contribution < 1.29 is 0 Å². The molecule has 94 valence electrons. The van der Waals surface area contributed by atoms with Crippen LogP contribution in [0.2, 0.25) is 0 Å². The second-order valence-electron chi connectivity index (χ2n) is 5.37. The van der Waals surface area contributed by atoms with Crippen molar-refractivity contribution in [3.63, 3.8) is 0 Å². The van der Waals surface area contributed by atoms with Crippen molar-refractivity contribution in [2.75, 3.05) is 13.1 Å². The SMILES string of the molecule is CC(C)C(c1ccccc1)N1CCCC1CN. The molecule has 2 atom stereocenters. The molecule has 1 fully saturated rings. The van der Waals surface area contributed by atoms with Gasteiger partial charge in [0.2, 0.25) is 0 Å². The highest BCUT2D eigenvalue weighted by Gasteiger charge is 2.32. The Morgan fingerprint density at radius 1 is 1.29 bits per heavy atom. The molecule has 0 aromatic heterocycles. The van der Waals surface area contributed by atoms with E-state index in [1.165, 1.54) is 24.9 Å². The Morgan fingerprint density at radius 2 is 2.00 bits per heavy atom. The molecule has 1 saturated heterocycles.